The van der Waals surface area contributed by atoms with Gasteiger partial charge in [-0.05, 0) is 29.3 Å². The highest BCUT2D eigenvalue weighted by atomic mass is 16.5. The molecular formula is C15H15N5O2. The highest BCUT2D eigenvalue weighted by Crippen LogP contribution is 2.41. The first kappa shape index (κ1) is 13.0. The predicted molar refractivity (Wildman–Crippen MR) is 78.5 cm³/mol. The minimum Gasteiger partial charge on any atom is -0.496 e. The van der Waals surface area contributed by atoms with Gasteiger partial charge in [-0.15, -0.1) is 0 Å². The number of ether oxygens (including phenoxy) is 1. The number of nitrogens with zero attached hydrogens (tertiary/aromatic N) is 4. The van der Waals surface area contributed by atoms with E-state index in [2.05, 4.69) is 20.8 Å². The van der Waals surface area contributed by atoms with Gasteiger partial charge in [0.05, 0.1) is 7.11 Å². The number of ketones is 1. The SMILES string of the molecule is COc1ccccc1[C@@H]1C2=C(CCCC2=O)Nc2nnnn21. The number of methoxy groups -OCH3 is 1. The van der Waals surface area contributed by atoms with Crippen LogP contribution in [0.1, 0.15) is 30.9 Å². The number of Topliss-reactive ketones (excluding diaryl/α,β-unsaturated/α-hetero) is 1. The number of carbonyl (C=O) groups excluding carboxylic acids is 1. The first-order chi connectivity index (χ1) is 10.8. The van der Waals surface area contributed by atoms with Crippen LogP contribution in [0.15, 0.2) is 35.5 Å². The summed E-state index contributed by atoms with van der Waals surface area (Å²) < 4.78 is 7.12. The van der Waals surface area contributed by atoms with Crippen LogP contribution >= 0.6 is 0 Å². The van der Waals surface area contributed by atoms with Gasteiger partial charge in [0, 0.05) is 23.3 Å². The summed E-state index contributed by atoms with van der Waals surface area (Å²) in [5, 5.41) is 15.0. The van der Waals surface area contributed by atoms with Crippen LogP contribution in [0.2, 0.25) is 0 Å². The summed E-state index contributed by atoms with van der Waals surface area (Å²) in [4.78, 5) is 12.5. The number of hydrogen-bond acceptors (Lipinski definition) is 6. The number of hydrogen-bond donors (Lipinski definition) is 1. The standard InChI is InChI=1S/C15H15N5O2/c1-22-12-8-3-2-5-9(12)14-13-10(6-4-7-11(13)21)16-15-17-18-19-20(14)15/h2-3,5,8,14H,4,6-7H2,1H3,(H,16,17,19)/t14-/m1/s1. The zero-order valence-corrected chi connectivity index (χ0v) is 12.1. The van der Waals surface area contributed by atoms with Crippen molar-refractivity contribution < 1.29 is 9.53 Å². The Labute approximate surface area is 127 Å². The highest BCUT2D eigenvalue weighted by molar-refractivity contribution is 5.99. The van der Waals surface area contributed by atoms with Crippen molar-refractivity contribution in [1.82, 2.24) is 20.2 Å². The molecule has 1 aliphatic carbocycles. The first-order valence-electron chi connectivity index (χ1n) is 7.23. The van der Waals surface area contributed by atoms with Crippen molar-refractivity contribution in [3.63, 3.8) is 0 Å². The van der Waals surface area contributed by atoms with Crippen LogP contribution < -0.4 is 10.1 Å². The monoisotopic (exact) mass is 297 g/mol. The Hall–Kier alpha value is -2.70. The smallest absolute Gasteiger partial charge is 0.248 e. The van der Waals surface area contributed by atoms with Gasteiger partial charge in [-0.2, -0.15) is 4.68 Å². The lowest BCUT2D eigenvalue weighted by molar-refractivity contribution is -0.116. The van der Waals surface area contributed by atoms with Crippen molar-refractivity contribution >= 4 is 11.7 Å². The normalized spacial score (nSPS) is 20.2. The summed E-state index contributed by atoms with van der Waals surface area (Å²) in [5.74, 6) is 1.43. The van der Waals surface area contributed by atoms with E-state index >= 15 is 0 Å². The molecule has 0 bridgehead atoms. The third kappa shape index (κ3) is 1.82. The van der Waals surface area contributed by atoms with Gasteiger partial charge < -0.3 is 10.1 Å². The Kier molecular flexibility index (Phi) is 2.92. The molecule has 1 N–H and O–H groups in total. The van der Waals surface area contributed by atoms with E-state index in [0.29, 0.717) is 12.4 Å². The third-order valence-electron chi connectivity index (χ3n) is 4.16. The Morgan fingerprint density at radius 3 is 3.05 bits per heavy atom. The molecule has 7 heteroatoms. The summed E-state index contributed by atoms with van der Waals surface area (Å²) in [7, 11) is 1.62. The Morgan fingerprint density at radius 1 is 1.32 bits per heavy atom. The molecule has 1 atom stereocenters. The Balaban J connectivity index is 1.95. The van der Waals surface area contributed by atoms with Crippen molar-refractivity contribution in [2.24, 2.45) is 0 Å². The van der Waals surface area contributed by atoms with Crippen molar-refractivity contribution in [1.29, 1.82) is 0 Å². The number of nitrogens with one attached hydrogen (secondary N) is 1. The molecule has 0 spiro atoms. The number of tetrazole rings is 1. The quantitative estimate of drug-likeness (QED) is 0.908. The van der Waals surface area contributed by atoms with E-state index in [4.69, 9.17) is 4.74 Å². The molecular weight excluding hydrogens is 282 g/mol. The molecule has 0 saturated carbocycles. The van der Waals surface area contributed by atoms with Crippen molar-refractivity contribution in [2.75, 3.05) is 12.4 Å². The van der Waals surface area contributed by atoms with Gasteiger partial charge in [0.2, 0.25) is 5.95 Å². The number of rotatable bonds is 2. The molecule has 2 aromatic rings. The summed E-state index contributed by atoms with van der Waals surface area (Å²) in [6.45, 7) is 0. The van der Waals surface area contributed by atoms with Crippen molar-refractivity contribution in [2.45, 2.75) is 25.3 Å². The fourth-order valence-electron chi connectivity index (χ4n) is 3.20. The Bertz CT molecular complexity index is 780. The second kappa shape index (κ2) is 4.94. The number of para-hydroxylation sites is 1. The maximum atomic E-state index is 12.5. The van der Waals surface area contributed by atoms with E-state index < -0.39 is 0 Å². The van der Waals surface area contributed by atoms with E-state index in [1.807, 2.05) is 24.3 Å². The fourth-order valence-corrected chi connectivity index (χ4v) is 3.20. The molecule has 2 aliphatic rings. The molecule has 4 rings (SSSR count). The van der Waals surface area contributed by atoms with E-state index in [0.717, 1.165) is 35.4 Å². The largest absolute Gasteiger partial charge is 0.496 e. The maximum absolute atomic E-state index is 12.5. The molecule has 112 valence electrons. The second-order valence-electron chi connectivity index (χ2n) is 5.39. The summed E-state index contributed by atoms with van der Waals surface area (Å²) in [5.41, 5.74) is 2.56. The highest BCUT2D eigenvalue weighted by Gasteiger charge is 2.37. The van der Waals surface area contributed by atoms with Crippen LogP contribution in [0.4, 0.5) is 5.95 Å². The number of carbonyl (C=O) groups is 1. The van der Waals surface area contributed by atoms with Gasteiger partial charge in [0.25, 0.3) is 0 Å². The lowest BCUT2D eigenvalue weighted by Gasteiger charge is -2.32. The number of anilines is 1. The number of allylic oxidation sites excluding steroid dienone is 2. The van der Waals surface area contributed by atoms with Crippen LogP contribution in [0, 0.1) is 0 Å². The lowest BCUT2D eigenvalue weighted by atomic mass is 9.85. The van der Waals surface area contributed by atoms with Crippen LogP contribution in [-0.4, -0.2) is 33.1 Å². The molecule has 0 amide bonds. The van der Waals surface area contributed by atoms with Crippen LogP contribution in [0.25, 0.3) is 0 Å². The van der Waals surface area contributed by atoms with Crippen molar-refractivity contribution in [3.8, 4) is 5.75 Å². The van der Waals surface area contributed by atoms with Gasteiger partial charge in [-0.25, -0.2) is 0 Å². The predicted octanol–water partition coefficient (Wildman–Crippen LogP) is 1.70. The van der Waals surface area contributed by atoms with Crippen molar-refractivity contribution in [3.05, 3.63) is 41.1 Å². The van der Waals surface area contributed by atoms with E-state index in [1.165, 1.54) is 0 Å². The summed E-state index contributed by atoms with van der Waals surface area (Å²) in [6, 6.07) is 7.33. The fraction of sp³-hybridized carbons (Fsp3) is 0.333. The zero-order valence-electron chi connectivity index (χ0n) is 12.1. The average molecular weight is 297 g/mol. The van der Waals surface area contributed by atoms with Crippen LogP contribution in [0.3, 0.4) is 0 Å². The van der Waals surface area contributed by atoms with Gasteiger partial charge in [-0.3, -0.25) is 4.79 Å². The third-order valence-corrected chi connectivity index (χ3v) is 4.16. The molecule has 0 unspecified atom stereocenters. The lowest BCUT2D eigenvalue weighted by Crippen LogP contribution is -2.31. The number of benzene rings is 1. The van der Waals surface area contributed by atoms with Gasteiger partial charge in [0.15, 0.2) is 5.78 Å². The molecule has 2 heterocycles. The number of aromatic nitrogens is 4. The van der Waals surface area contributed by atoms with Crippen LogP contribution in [0.5, 0.6) is 5.75 Å². The minimum atomic E-state index is -0.342. The number of fused-ring (bicyclic) bond motifs is 1. The van der Waals surface area contributed by atoms with E-state index in [-0.39, 0.29) is 11.8 Å². The molecule has 7 nitrogen and oxygen atoms in total. The topological polar surface area (TPSA) is 81.9 Å². The molecule has 1 aliphatic heterocycles. The average Bonchev–Trinajstić information content (AvgIpc) is 3.01. The molecule has 0 radical (unpaired) electrons. The maximum Gasteiger partial charge on any atom is 0.248 e. The summed E-state index contributed by atoms with van der Waals surface area (Å²) in [6.07, 6.45) is 2.24. The molecule has 1 aromatic carbocycles. The van der Waals surface area contributed by atoms with E-state index in [1.54, 1.807) is 11.8 Å². The molecule has 22 heavy (non-hydrogen) atoms. The zero-order chi connectivity index (χ0) is 15.1. The van der Waals surface area contributed by atoms with Gasteiger partial charge in [0.1, 0.15) is 11.8 Å². The molecule has 0 fully saturated rings. The molecule has 0 saturated heterocycles. The van der Waals surface area contributed by atoms with Gasteiger partial charge in [-0.1, -0.05) is 23.3 Å². The minimum absolute atomic E-state index is 0.144. The first-order valence-corrected chi connectivity index (χ1v) is 7.23. The summed E-state index contributed by atoms with van der Waals surface area (Å²) >= 11 is 0. The van der Waals surface area contributed by atoms with Gasteiger partial charge >= 0.3 is 0 Å². The molecule has 1 aromatic heterocycles. The Morgan fingerprint density at radius 2 is 2.18 bits per heavy atom. The second-order valence-corrected chi connectivity index (χ2v) is 5.39. The van der Waals surface area contributed by atoms with Crippen LogP contribution in [-0.2, 0) is 4.79 Å². The van der Waals surface area contributed by atoms with E-state index in [9.17, 15) is 4.79 Å².